The fraction of sp³-hybridized carbons (Fsp3) is 0.393. The van der Waals surface area contributed by atoms with Gasteiger partial charge in [-0.1, -0.05) is 6.07 Å². The molecule has 7 nitrogen and oxygen atoms in total. The van der Waals surface area contributed by atoms with Gasteiger partial charge in [-0.2, -0.15) is 0 Å². The smallest absolute Gasteiger partial charge is 0.203 e. The van der Waals surface area contributed by atoms with E-state index in [1.807, 2.05) is 37.4 Å². The minimum Gasteiger partial charge on any atom is -0.493 e. The summed E-state index contributed by atoms with van der Waals surface area (Å²) in [5.41, 5.74) is 4.45. The number of nitrogens with one attached hydrogen (secondary N) is 2. The molecule has 7 heteroatoms. The Labute approximate surface area is 206 Å². The predicted molar refractivity (Wildman–Crippen MR) is 138 cm³/mol. The predicted octanol–water partition coefficient (Wildman–Crippen LogP) is 4.97. The normalized spacial score (nSPS) is 15.4. The molecule has 1 heterocycles. The van der Waals surface area contributed by atoms with Gasteiger partial charge in [-0.15, -0.1) is 0 Å². The number of anilines is 1. The van der Waals surface area contributed by atoms with Crippen molar-refractivity contribution in [2.75, 3.05) is 33.7 Å². The number of hydrogen-bond donors (Lipinski definition) is 2. The molecular weight excluding hydrogens is 444 g/mol. The van der Waals surface area contributed by atoms with Gasteiger partial charge in [0.15, 0.2) is 11.5 Å². The lowest BCUT2D eigenvalue weighted by atomic mass is 9.95. The van der Waals surface area contributed by atoms with Gasteiger partial charge in [0.05, 0.1) is 33.3 Å². The van der Waals surface area contributed by atoms with E-state index in [0.29, 0.717) is 22.9 Å². The van der Waals surface area contributed by atoms with E-state index in [1.165, 1.54) is 0 Å². The van der Waals surface area contributed by atoms with Crippen LogP contribution >= 0.6 is 0 Å². The maximum Gasteiger partial charge on any atom is 0.203 e. The van der Waals surface area contributed by atoms with Crippen LogP contribution in [0.5, 0.6) is 17.2 Å². The summed E-state index contributed by atoms with van der Waals surface area (Å²) < 4.78 is 22.5. The first kappa shape index (κ1) is 24.7. The third-order valence-corrected chi connectivity index (χ3v) is 6.69. The molecule has 1 aliphatic rings. The lowest BCUT2D eigenvalue weighted by Crippen LogP contribution is -2.21. The van der Waals surface area contributed by atoms with Gasteiger partial charge in [0.1, 0.15) is 5.76 Å². The average molecular weight is 479 g/mol. The van der Waals surface area contributed by atoms with E-state index in [2.05, 4.69) is 17.6 Å². The first-order valence-corrected chi connectivity index (χ1v) is 12.0. The highest BCUT2D eigenvalue weighted by Crippen LogP contribution is 2.50. The Morgan fingerprint density at radius 1 is 1.09 bits per heavy atom. The van der Waals surface area contributed by atoms with Crippen molar-refractivity contribution in [1.29, 1.82) is 0 Å². The lowest BCUT2D eigenvalue weighted by molar-refractivity contribution is 0.324. The van der Waals surface area contributed by atoms with Crippen molar-refractivity contribution in [2.24, 2.45) is 0 Å². The molecule has 0 radical (unpaired) electrons. The molecule has 2 aromatic carbocycles. The molecule has 2 N–H and O–H groups in total. The number of benzene rings is 1. The van der Waals surface area contributed by atoms with Crippen LogP contribution in [-0.2, 0) is 12.8 Å². The highest BCUT2D eigenvalue weighted by Gasteiger charge is 2.28. The van der Waals surface area contributed by atoms with Crippen molar-refractivity contribution in [3.8, 4) is 28.4 Å². The van der Waals surface area contributed by atoms with Gasteiger partial charge in [-0.25, -0.2) is 0 Å². The number of methoxy groups -OCH3 is 3. The van der Waals surface area contributed by atoms with Crippen LogP contribution in [-0.4, -0.2) is 34.4 Å². The molecule has 0 fully saturated rings. The highest BCUT2D eigenvalue weighted by molar-refractivity contribution is 5.83. The first-order valence-electron chi connectivity index (χ1n) is 12.0. The average Bonchev–Trinajstić information content (AvgIpc) is 3.29. The third kappa shape index (κ3) is 5.00. The van der Waals surface area contributed by atoms with Crippen molar-refractivity contribution >= 4 is 5.69 Å². The quantitative estimate of drug-likeness (QED) is 0.449. The fourth-order valence-electron chi connectivity index (χ4n) is 4.88. The van der Waals surface area contributed by atoms with Gasteiger partial charge in [-0.05, 0) is 80.3 Å². The standard InChI is InChI=1S/C28H34N2O5/c1-17(8-10-19-7-6-14-35-19)30-23-13-11-20-21(16-24(23)31)22(29-2)12-9-18-15-25(32-3)27(33-4)28(34-5)26(18)20/h6-7,11,13-17,22,29H,8-10,12H2,1-5H3,(H,30,31)/t17-,22-/m0/s1. The van der Waals surface area contributed by atoms with Gasteiger partial charge in [0, 0.05) is 24.1 Å². The SMILES string of the molecule is CN[C@H]1CCc2cc(OC)c(OC)c(OC)c2-c2ccc(N[C@@H](C)CCc3ccco3)c(=O)cc21. The molecule has 0 aliphatic heterocycles. The molecule has 0 saturated heterocycles. The van der Waals surface area contributed by atoms with Crippen molar-refractivity contribution in [2.45, 2.75) is 44.7 Å². The second kappa shape index (κ2) is 10.9. The maximum atomic E-state index is 13.3. The number of ether oxygens (including phenoxy) is 3. The molecule has 4 rings (SSSR count). The summed E-state index contributed by atoms with van der Waals surface area (Å²) in [7, 11) is 6.79. The van der Waals surface area contributed by atoms with Crippen LogP contribution in [0.2, 0.25) is 0 Å². The van der Waals surface area contributed by atoms with Crippen LogP contribution in [0.1, 0.15) is 42.7 Å². The van der Waals surface area contributed by atoms with E-state index < -0.39 is 0 Å². The Kier molecular flexibility index (Phi) is 7.66. The first-order chi connectivity index (χ1) is 17.0. The molecule has 0 saturated carbocycles. The van der Waals surface area contributed by atoms with Crippen molar-refractivity contribution in [1.82, 2.24) is 5.32 Å². The largest absolute Gasteiger partial charge is 0.493 e. The van der Waals surface area contributed by atoms with E-state index in [4.69, 9.17) is 18.6 Å². The molecule has 1 aromatic heterocycles. The van der Waals surface area contributed by atoms with Crippen LogP contribution in [0.25, 0.3) is 11.1 Å². The molecule has 0 spiro atoms. The molecule has 2 atom stereocenters. The van der Waals surface area contributed by atoms with E-state index in [9.17, 15) is 4.79 Å². The van der Waals surface area contributed by atoms with Crippen LogP contribution in [0.15, 0.2) is 51.9 Å². The molecule has 0 unspecified atom stereocenters. The molecule has 1 aliphatic carbocycles. The van der Waals surface area contributed by atoms with Gasteiger partial charge >= 0.3 is 0 Å². The second-order valence-corrected chi connectivity index (χ2v) is 8.85. The summed E-state index contributed by atoms with van der Waals surface area (Å²) in [6.45, 7) is 2.08. The van der Waals surface area contributed by atoms with E-state index in [0.717, 1.165) is 53.7 Å². The van der Waals surface area contributed by atoms with Gasteiger partial charge in [0.2, 0.25) is 11.2 Å². The minimum absolute atomic E-state index is 0.0171. The van der Waals surface area contributed by atoms with Crippen molar-refractivity contribution < 1.29 is 18.6 Å². The molecule has 0 amide bonds. The Morgan fingerprint density at radius 2 is 1.89 bits per heavy atom. The highest BCUT2D eigenvalue weighted by atomic mass is 16.5. The summed E-state index contributed by atoms with van der Waals surface area (Å²) in [5.74, 6) is 2.72. The molecular formula is C28H34N2O5. The number of aryl methyl sites for hydroxylation is 2. The van der Waals surface area contributed by atoms with E-state index in [1.54, 1.807) is 33.7 Å². The number of hydrogen-bond acceptors (Lipinski definition) is 7. The molecule has 186 valence electrons. The Hall–Kier alpha value is -3.45. The summed E-state index contributed by atoms with van der Waals surface area (Å²) in [4.78, 5) is 13.3. The fourth-order valence-corrected chi connectivity index (χ4v) is 4.88. The van der Waals surface area contributed by atoms with Crippen LogP contribution in [0.4, 0.5) is 5.69 Å². The van der Waals surface area contributed by atoms with Gasteiger partial charge in [-0.3, -0.25) is 4.79 Å². The van der Waals surface area contributed by atoms with Crippen LogP contribution < -0.4 is 30.3 Å². The zero-order valence-corrected chi connectivity index (χ0v) is 21.1. The molecule has 35 heavy (non-hydrogen) atoms. The summed E-state index contributed by atoms with van der Waals surface area (Å²) in [5, 5.41) is 6.80. The lowest BCUT2D eigenvalue weighted by Gasteiger charge is -2.19. The zero-order valence-electron chi connectivity index (χ0n) is 21.1. The third-order valence-electron chi connectivity index (χ3n) is 6.69. The maximum absolute atomic E-state index is 13.3. The Bertz CT molecular complexity index is 1220. The number of furan rings is 1. The minimum atomic E-state index is -0.0424. The molecule has 0 bridgehead atoms. The summed E-state index contributed by atoms with van der Waals surface area (Å²) in [6.07, 6.45) is 4.97. The number of fused-ring (bicyclic) bond motifs is 3. The van der Waals surface area contributed by atoms with Crippen LogP contribution in [0.3, 0.4) is 0 Å². The molecule has 3 aromatic rings. The van der Waals surface area contributed by atoms with Crippen LogP contribution in [0, 0.1) is 0 Å². The topological polar surface area (TPSA) is 82.0 Å². The van der Waals surface area contributed by atoms with Crippen molar-refractivity contribution in [3.05, 3.63) is 69.8 Å². The summed E-state index contributed by atoms with van der Waals surface area (Å²) >= 11 is 0. The van der Waals surface area contributed by atoms with Gasteiger partial charge < -0.3 is 29.3 Å². The second-order valence-electron chi connectivity index (χ2n) is 8.85. The summed E-state index contributed by atoms with van der Waals surface area (Å²) in [6, 6.07) is 11.6. The van der Waals surface area contributed by atoms with E-state index in [-0.39, 0.29) is 17.5 Å². The zero-order chi connectivity index (χ0) is 24.9. The van der Waals surface area contributed by atoms with Crippen molar-refractivity contribution in [3.63, 3.8) is 0 Å². The monoisotopic (exact) mass is 478 g/mol. The Morgan fingerprint density at radius 3 is 2.54 bits per heavy atom. The van der Waals surface area contributed by atoms with Gasteiger partial charge in [0.25, 0.3) is 0 Å². The Balaban J connectivity index is 1.79. The number of rotatable bonds is 9. The van der Waals surface area contributed by atoms with E-state index >= 15 is 0 Å².